The molecule has 11 rings (SSSR count). The summed E-state index contributed by atoms with van der Waals surface area (Å²) in [4.78, 5) is 60.8. The number of hydrogen-bond donors (Lipinski definition) is 1. The van der Waals surface area contributed by atoms with Crippen molar-refractivity contribution in [1.82, 2.24) is 29.8 Å². The summed E-state index contributed by atoms with van der Waals surface area (Å²) in [6, 6.07) is 25.8. The van der Waals surface area contributed by atoms with E-state index >= 15 is 0 Å². The quantitative estimate of drug-likeness (QED) is 0.0700. The number of nitro groups is 1. The molecule has 6 atom stereocenters. The molecule has 6 fully saturated rings. The molecule has 5 aromatic rings. The molecule has 3 aromatic carbocycles. The molecular formula is C62H79N7O11. The molecule has 0 radical (unpaired) electrons. The molecule has 1 N–H and O–H groups in total. The fourth-order valence-corrected chi connectivity index (χ4v) is 12.3. The number of carbonyl (C=O) groups is 4. The summed E-state index contributed by atoms with van der Waals surface area (Å²) >= 11 is 0. The molecular weight excluding hydrogens is 1020 g/mol. The molecule has 2 saturated heterocycles. The maximum atomic E-state index is 13.0. The highest BCUT2D eigenvalue weighted by atomic mass is 16.6. The molecule has 0 bridgehead atoms. The van der Waals surface area contributed by atoms with E-state index in [-0.39, 0.29) is 35.0 Å². The average Bonchev–Trinajstić information content (AvgIpc) is 4.27. The van der Waals surface area contributed by atoms with E-state index in [0.29, 0.717) is 37.6 Å². The summed E-state index contributed by atoms with van der Waals surface area (Å²) < 4.78 is 30.1. The maximum absolute atomic E-state index is 13.0. The van der Waals surface area contributed by atoms with Crippen LogP contribution in [0.3, 0.4) is 0 Å². The molecule has 2 aliphatic heterocycles. The van der Waals surface area contributed by atoms with Gasteiger partial charge in [-0.1, -0.05) is 74.2 Å². The number of non-ortho nitro benzene ring substituents is 1. The predicted octanol–water partition coefficient (Wildman–Crippen LogP) is 12.0. The summed E-state index contributed by atoms with van der Waals surface area (Å²) in [5.41, 5.74) is 4.35. The number of rotatable bonds is 12. The van der Waals surface area contributed by atoms with Gasteiger partial charge in [0.05, 0.1) is 30.3 Å². The monoisotopic (exact) mass is 1100 g/mol. The fraction of sp³-hybridized carbons (Fsp3) is 0.548. The highest BCUT2D eigenvalue weighted by Crippen LogP contribution is 2.41. The zero-order valence-corrected chi connectivity index (χ0v) is 47.3. The van der Waals surface area contributed by atoms with E-state index in [2.05, 4.69) is 64.0 Å². The van der Waals surface area contributed by atoms with E-state index in [9.17, 15) is 29.3 Å². The SMILES string of the molecule is CC(C)(C)OC(=O)c1ccn(C(=O)N2C[C@H]3CC(OCc4cccc(C5CCCC5)c4)C[C@H]3C2)n1.CC(C)(C)OC(=O)c1ccn(C(=O)Oc2ccc([N+](=O)[O-])cc2)n1.c1cc(COC2C[C@H]3CNC[C@H]3C2)cc(C2CCCC2)c1. The molecule has 6 aliphatic rings. The van der Waals surface area contributed by atoms with Gasteiger partial charge < -0.3 is 33.9 Å². The number of hydrogen-bond acceptors (Lipinski definition) is 14. The average molecular weight is 1100 g/mol. The van der Waals surface area contributed by atoms with E-state index in [1.807, 2.05) is 4.90 Å². The Morgan fingerprint density at radius 2 is 1.06 bits per heavy atom. The maximum Gasteiger partial charge on any atom is 0.440 e. The van der Waals surface area contributed by atoms with Crippen molar-refractivity contribution in [1.29, 1.82) is 0 Å². The van der Waals surface area contributed by atoms with Crippen molar-refractivity contribution in [2.45, 2.75) is 167 Å². The van der Waals surface area contributed by atoms with Crippen molar-refractivity contribution in [3.63, 3.8) is 0 Å². The number of esters is 2. The van der Waals surface area contributed by atoms with Gasteiger partial charge in [0.1, 0.15) is 17.0 Å². The second-order valence-corrected chi connectivity index (χ2v) is 24.6. The van der Waals surface area contributed by atoms with Crippen molar-refractivity contribution in [2.75, 3.05) is 26.2 Å². The zero-order chi connectivity index (χ0) is 56.6. The number of amides is 1. The van der Waals surface area contributed by atoms with Crippen LogP contribution < -0.4 is 10.1 Å². The number of benzene rings is 3. The highest BCUT2D eigenvalue weighted by Gasteiger charge is 2.43. The van der Waals surface area contributed by atoms with Crippen LogP contribution in [0.5, 0.6) is 5.75 Å². The minimum atomic E-state index is -0.862. The van der Waals surface area contributed by atoms with E-state index in [0.717, 1.165) is 47.8 Å². The second kappa shape index (κ2) is 25.8. The smallest absolute Gasteiger partial charge is 0.440 e. The van der Waals surface area contributed by atoms with E-state index in [4.69, 9.17) is 23.7 Å². The second-order valence-electron chi connectivity index (χ2n) is 24.6. The number of ether oxygens (including phenoxy) is 5. The van der Waals surface area contributed by atoms with Gasteiger partial charge in [-0.25, -0.2) is 19.2 Å². The van der Waals surface area contributed by atoms with Gasteiger partial charge in [0.2, 0.25) is 0 Å². The number of aromatic nitrogens is 4. The Morgan fingerprint density at radius 3 is 1.52 bits per heavy atom. The van der Waals surface area contributed by atoms with Gasteiger partial charge in [0.25, 0.3) is 5.69 Å². The van der Waals surface area contributed by atoms with Crippen molar-refractivity contribution in [3.05, 3.63) is 141 Å². The minimum absolute atomic E-state index is 0.0365. The third-order valence-corrected chi connectivity index (χ3v) is 16.1. The summed E-state index contributed by atoms with van der Waals surface area (Å²) in [5, 5.41) is 22.0. The molecule has 2 aromatic heterocycles. The van der Waals surface area contributed by atoms with Crippen molar-refractivity contribution in [3.8, 4) is 5.75 Å². The van der Waals surface area contributed by atoms with Crippen LogP contribution in [0.2, 0.25) is 0 Å². The molecule has 4 heterocycles. The number of fused-ring (bicyclic) bond motifs is 2. The molecule has 428 valence electrons. The van der Waals surface area contributed by atoms with Gasteiger partial charge in [-0.3, -0.25) is 10.1 Å². The summed E-state index contributed by atoms with van der Waals surface area (Å²) in [6.45, 7) is 15.9. The lowest BCUT2D eigenvalue weighted by molar-refractivity contribution is -0.384. The Kier molecular flexibility index (Phi) is 18.7. The third-order valence-electron chi connectivity index (χ3n) is 16.1. The summed E-state index contributed by atoms with van der Waals surface area (Å²) in [7, 11) is 0. The van der Waals surface area contributed by atoms with Crippen LogP contribution in [0.15, 0.2) is 97.3 Å². The number of likely N-dealkylation sites (tertiary alicyclic amines) is 1. The molecule has 2 unspecified atom stereocenters. The standard InChI is InChI=1S/C28H37N3O4.C19H27NO.C15H15N3O6/c1-28(2,3)35-26(32)25-11-12-31(29-25)27(33)30-16-22-14-24(15-23(22)17-30)34-18-19-7-6-10-21(13-19)20-8-4-5-9-20;1-2-6-15(5-1)16-7-3-4-14(8-16)13-21-19-9-17-11-20-12-18(17)10-19;1-15(2,3)24-13(19)12-8-9-17(16-12)14(20)23-11-6-4-10(5-7-11)18(21)22/h6-7,10-13,20,22-24H,4-5,8-9,14-18H2,1-3H3;3-4,7-8,15,17-20H,1-2,5-6,9-13H2;4-9H,1-3H3/t22-,23+,24?;17-,18+,19?;. The lowest BCUT2D eigenvalue weighted by Crippen LogP contribution is -2.34. The summed E-state index contributed by atoms with van der Waals surface area (Å²) in [6.07, 6.45) is 18.1. The lowest BCUT2D eigenvalue weighted by atomic mass is 9.96. The van der Waals surface area contributed by atoms with Crippen LogP contribution in [0, 0.1) is 33.8 Å². The number of nitrogens with one attached hydrogen (secondary N) is 1. The normalized spacial score (nSPS) is 22.6. The largest absolute Gasteiger partial charge is 0.455 e. The van der Waals surface area contributed by atoms with Crippen LogP contribution >= 0.6 is 0 Å². The number of carbonyl (C=O) groups excluding carboxylic acids is 4. The van der Waals surface area contributed by atoms with E-state index in [1.165, 1.54) is 141 Å². The first kappa shape index (κ1) is 57.9. The molecule has 4 saturated carbocycles. The third kappa shape index (κ3) is 15.8. The molecule has 4 aliphatic carbocycles. The van der Waals surface area contributed by atoms with Crippen molar-refractivity contribution < 1.29 is 47.8 Å². The highest BCUT2D eigenvalue weighted by molar-refractivity contribution is 5.89. The van der Waals surface area contributed by atoms with Crippen LogP contribution in [-0.4, -0.2) is 103 Å². The molecule has 18 heteroatoms. The molecule has 80 heavy (non-hydrogen) atoms. The van der Waals surface area contributed by atoms with E-state index in [1.54, 1.807) is 53.3 Å². The topological polar surface area (TPSA) is 208 Å². The van der Waals surface area contributed by atoms with Gasteiger partial charge in [-0.05, 0) is 188 Å². The number of nitrogens with zero attached hydrogens (tertiary/aromatic N) is 6. The Hall–Kier alpha value is -6.76. The van der Waals surface area contributed by atoms with Gasteiger partial charge in [-0.2, -0.15) is 19.6 Å². The zero-order valence-electron chi connectivity index (χ0n) is 47.3. The van der Waals surface area contributed by atoms with Crippen molar-refractivity contribution >= 4 is 29.8 Å². The number of nitro benzene ring substituents is 1. The minimum Gasteiger partial charge on any atom is -0.455 e. The van der Waals surface area contributed by atoms with Crippen LogP contribution in [0.1, 0.15) is 174 Å². The Balaban J connectivity index is 0.000000151. The first-order chi connectivity index (χ1) is 38.3. The first-order valence-corrected chi connectivity index (χ1v) is 28.7. The Morgan fingerprint density at radius 1 is 0.613 bits per heavy atom. The van der Waals surface area contributed by atoms with Gasteiger partial charge in [0, 0.05) is 37.6 Å². The first-order valence-electron chi connectivity index (χ1n) is 28.7. The van der Waals surface area contributed by atoms with Gasteiger partial charge in [0.15, 0.2) is 11.4 Å². The Bertz CT molecular complexity index is 2900. The van der Waals surface area contributed by atoms with Gasteiger partial charge in [-0.15, -0.1) is 0 Å². The molecule has 0 spiro atoms. The van der Waals surface area contributed by atoms with Crippen LogP contribution in [-0.2, 0) is 32.2 Å². The van der Waals surface area contributed by atoms with Gasteiger partial charge >= 0.3 is 24.1 Å². The van der Waals surface area contributed by atoms with Crippen LogP contribution in [0.4, 0.5) is 15.3 Å². The molecule has 18 nitrogen and oxygen atoms in total. The lowest BCUT2D eigenvalue weighted by Gasteiger charge is -2.20. The summed E-state index contributed by atoms with van der Waals surface area (Å²) in [5.74, 6) is 3.12. The van der Waals surface area contributed by atoms with Crippen LogP contribution in [0.25, 0.3) is 0 Å². The molecule has 1 amide bonds. The predicted molar refractivity (Wildman–Crippen MR) is 299 cm³/mol. The fourth-order valence-electron chi connectivity index (χ4n) is 12.3. The van der Waals surface area contributed by atoms with E-state index < -0.39 is 34.2 Å². The Labute approximate surface area is 469 Å². The van der Waals surface area contributed by atoms with Crippen molar-refractivity contribution in [2.24, 2.45) is 23.7 Å².